The quantitative estimate of drug-likeness (QED) is 0.186. The maximum absolute atomic E-state index is 12.0. The number of fused-ring (bicyclic) bond motifs is 1. The van der Waals surface area contributed by atoms with Crippen LogP contribution in [0.15, 0.2) is 59.6 Å². The fourth-order valence-electron chi connectivity index (χ4n) is 3.53. The Labute approximate surface area is 202 Å². The van der Waals surface area contributed by atoms with Crippen LogP contribution in [0.5, 0.6) is 0 Å². The monoisotopic (exact) mass is 536 g/mol. The summed E-state index contributed by atoms with van der Waals surface area (Å²) < 4.78 is 5.74. The maximum Gasteiger partial charge on any atom is 0.225 e. The molecule has 1 unspecified atom stereocenters. The Kier molecular flexibility index (Phi) is 11.4. The van der Waals surface area contributed by atoms with Crippen molar-refractivity contribution in [3.63, 3.8) is 0 Å². The minimum absolute atomic E-state index is 0. The molecule has 1 heterocycles. The van der Waals surface area contributed by atoms with Gasteiger partial charge in [0.05, 0.1) is 13.2 Å². The SMILES string of the molecule is CCNC(=NCC1CC(=O)Nc2ccccc21)NCCCOCCc1ccccc1.I. The third-order valence-electron chi connectivity index (χ3n) is 5.06. The Bertz CT molecular complexity index is 829. The van der Waals surface area contributed by atoms with Gasteiger partial charge in [0, 0.05) is 37.7 Å². The summed E-state index contributed by atoms with van der Waals surface area (Å²) in [6.45, 7) is 5.66. The second kappa shape index (κ2) is 14.0. The normalized spacial score (nSPS) is 15.5. The molecule has 2 aromatic rings. The number of para-hydroxylation sites is 1. The van der Waals surface area contributed by atoms with Gasteiger partial charge in [-0.2, -0.15) is 0 Å². The number of carbonyl (C=O) groups excluding carboxylic acids is 1. The molecular formula is C24H33IN4O2. The fourth-order valence-corrected chi connectivity index (χ4v) is 3.53. The first kappa shape index (κ1) is 25.1. The summed E-state index contributed by atoms with van der Waals surface area (Å²) >= 11 is 0. The van der Waals surface area contributed by atoms with E-state index in [1.165, 1.54) is 5.56 Å². The number of nitrogens with zero attached hydrogens (tertiary/aromatic N) is 1. The first-order valence-electron chi connectivity index (χ1n) is 10.8. The number of aliphatic imine (C=N–C) groups is 1. The van der Waals surface area contributed by atoms with E-state index in [0.717, 1.165) is 56.4 Å². The molecule has 6 nitrogen and oxygen atoms in total. The van der Waals surface area contributed by atoms with Crippen LogP contribution in [0.25, 0.3) is 0 Å². The molecular weight excluding hydrogens is 503 g/mol. The predicted molar refractivity (Wildman–Crippen MR) is 137 cm³/mol. The topological polar surface area (TPSA) is 74.8 Å². The molecule has 3 rings (SSSR count). The van der Waals surface area contributed by atoms with Crippen LogP contribution in [0.2, 0.25) is 0 Å². The molecule has 0 spiro atoms. The van der Waals surface area contributed by atoms with Crippen molar-refractivity contribution in [2.45, 2.75) is 32.1 Å². The van der Waals surface area contributed by atoms with Gasteiger partial charge in [-0.15, -0.1) is 24.0 Å². The zero-order valence-corrected chi connectivity index (χ0v) is 20.4. The number of carbonyl (C=O) groups is 1. The number of hydrogen-bond acceptors (Lipinski definition) is 3. The van der Waals surface area contributed by atoms with Gasteiger partial charge in [-0.3, -0.25) is 9.79 Å². The van der Waals surface area contributed by atoms with Crippen molar-refractivity contribution in [3.05, 3.63) is 65.7 Å². The zero-order valence-electron chi connectivity index (χ0n) is 18.1. The van der Waals surface area contributed by atoms with Crippen molar-refractivity contribution in [2.75, 3.05) is 38.2 Å². The number of hydrogen-bond donors (Lipinski definition) is 3. The second-order valence-corrected chi connectivity index (χ2v) is 7.38. The Morgan fingerprint density at radius 2 is 1.87 bits per heavy atom. The summed E-state index contributed by atoms with van der Waals surface area (Å²) in [5, 5.41) is 9.58. The Morgan fingerprint density at radius 3 is 2.68 bits per heavy atom. The van der Waals surface area contributed by atoms with Gasteiger partial charge >= 0.3 is 0 Å². The van der Waals surface area contributed by atoms with E-state index in [0.29, 0.717) is 13.0 Å². The number of amides is 1. The lowest BCUT2D eigenvalue weighted by Crippen LogP contribution is -2.38. The average molecular weight is 536 g/mol. The molecule has 168 valence electrons. The van der Waals surface area contributed by atoms with E-state index >= 15 is 0 Å². The molecule has 3 N–H and O–H groups in total. The van der Waals surface area contributed by atoms with Gasteiger partial charge < -0.3 is 20.7 Å². The number of ether oxygens (including phenoxy) is 1. The van der Waals surface area contributed by atoms with Crippen LogP contribution < -0.4 is 16.0 Å². The second-order valence-electron chi connectivity index (χ2n) is 7.38. The minimum atomic E-state index is 0. The van der Waals surface area contributed by atoms with Crippen molar-refractivity contribution in [2.24, 2.45) is 4.99 Å². The Hall–Kier alpha value is -2.13. The third kappa shape index (κ3) is 8.49. The molecule has 0 aliphatic carbocycles. The molecule has 7 heteroatoms. The van der Waals surface area contributed by atoms with E-state index in [1.807, 2.05) is 31.2 Å². The summed E-state index contributed by atoms with van der Waals surface area (Å²) in [4.78, 5) is 16.7. The molecule has 1 amide bonds. The summed E-state index contributed by atoms with van der Waals surface area (Å²) in [5.41, 5.74) is 3.36. The van der Waals surface area contributed by atoms with Gasteiger partial charge in [0.15, 0.2) is 5.96 Å². The van der Waals surface area contributed by atoms with Crippen molar-refractivity contribution >= 4 is 41.5 Å². The summed E-state index contributed by atoms with van der Waals surface area (Å²) in [7, 11) is 0. The molecule has 0 bridgehead atoms. The maximum atomic E-state index is 12.0. The smallest absolute Gasteiger partial charge is 0.225 e. The lowest BCUT2D eigenvalue weighted by atomic mass is 9.91. The molecule has 0 fully saturated rings. The molecule has 0 radical (unpaired) electrons. The Balaban J connectivity index is 0.00000341. The standard InChI is InChI=1S/C24H32N4O2.HI/c1-2-25-24(26-14-8-15-30-16-13-19-9-4-3-5-10-19)27-18-20-17-23(29)28-22-12-7-6-11-21(20)22;/h3-7,9-12,20H,2,8,13-18H2,1H3,(H,28,29)(H2,25,26,27);1H. The average Bonchev–Trinajstić information content (AvgIpc) is 2.77. The first-order valence-corrected chi connectivity index (χ1v) is 10.8. The van der Waals surface area contributed by atoms with Crippen LogP contribution in [-0.2, 0) is 16.0 Å². The van der Waals surface area contributed by atoms with E-state index in [1.54, 1.807) is 0 Å². The highest BCUT2D eigenvalue weighted by atomic mass is 127. The van der Waals surface area contributed by atoms with E-state index in [9.17, 15) is 4.79 Å². The number of nitrogens with one attached hydrogen (secondary N) is 3. The number of anilines is 1. The molecule has 31 heavy (non-hydrogen) atoms. The predicted octanol–water partition coefficient (Wildman–Crippen LogP) is 3.93. The Morgan fingerprint density at radius 1 is 1.10 bits per heavy atom. The van der Waals surface area contributed by atoms with Crippen LogP contribution >= 0.6 is 24.0 Å². The molecule has 1 aliphatic rings. The molecule has 2 aromatic carbocycles. The van der Waals surface area contributed by atoms with E-state index in [-0.39, 0.29) is 35.8 Å². The fraction of sp³-hybridized carbons (Fsp3) is 0.417. The summed E-state index contributed by atoms with van der Waals surface area (Å²) in [5.74, 6) is 0.941. The zero-order chi connectivity index (χ0) is 21.0. The van der Waals surface area contributed by atoms with Gasteiger partial charge in [0.2, 0.25) is 5.91 Å². The molecule has 0 aromatic heterocycles. The van der Waals surface area contributed by atoms with Crippen molar-refractivity contribution in [3.8, 4) is 0 Å². The van der Waals surface area contributed by atoms with Gasteiger partial charge in [0.1, 0.15) is 0 Å². The van der Waals surface area contributed by atoms with Crippen LogP contribution in [0.1, 0.15) is 36.8 Å². The van der Waals surface area contributed by atoms with E-state index in [4.69, 9.17) is 9.73 Å². The van der Waals surface area contributed by atoms with Gasteiger partial charge in [0.25, 0.3) is 0 Å². The van der Waals surface area contributed by atoms with E-state index in [2.05, 4.69) is 46.3 Å². The van der Waals surface area contributed by atoms with Crippen LogP contribution in [0, 0.1) is 0 Å². The highest BCUT2D eigenvalue weighted by molar-refractivity contribution is 14.0. The van der Waals surface area contributed by atoms with Crippen molar-refractivity contribution < 1.29 is 9.53 Å². The van der Waals surface area contributed by atoms with E-state index < -0.39 is 0 Å². The number of rotatable bonds is 10. The molecule has 1 atom stereocenters. The van der Waals surface area contributed by atoms with Gasteiger partial charge in [-0.05, 0) is 37.0 Å². The van der Waals surface area contributed by atoms with Crippen LogP contribution in [0.3, 0.4) is 0 Å². The van der Waals surface area contributed by atoms with Crippen LogP contribution in [0.4, 0.5) is 5.69 Å². The number of halogens is 1. The van der Waals surface area contributed by atoms with Gasteiger partial charge in [-0.25, -0.2) is 0 Å². The molecule has 0 saturated carbocycles. The lowest BCUT2D eigenvalue weighted by Gasteiger charge is -2.24. The highest BCUT2D eigenvalue weighted by Gasteiger charge is 2.24. The van der Waals surface area contributed by atoms with Crippen molar-refractivity contribution in [1.29, 1.82) is 0 Å². The van der Waals surface area contributed by atoms with Gasteiger partial charge in [-0.1, -0.05) is 48.5 Å². The molecule has 0 saturated heterocycles. The largest absolute Gasteiger partial charge is 0.381 e. The lowest BCUT2D eigenvalue weighted by molar-refractivity contribution is -0.116. The van der Waals surface area contributed by atoms with Crippen LogP contribution in [-0.4, -0.2) is 44.7 Å². The first-order chi connectivity index (χ1) is 14.8. The number of benzene rings is 2. The van der Waals surface area contributed by atoms with Crippen molar-refractivity contribution in [1.82, 2.24) is 10.6 Å². The third-order valence-corrected chi connectivity index (χ3v) is 5.06. The molecule has 1 aliphatic heterocycles. The minimum Gasteiger partial charge on any atom is -0.381 e. The summed E-state index contributed by atoms with van der Waals surface area (Å²) in [6, 6.07) is 18.4. The summed E-state index contributed by atoms with van der Waals surface area (Å²) in [6.07, 6.45) is 2.32. The number of guanidine groups is 1. The highest BCUT2D eigenvalue weighted by Crippen LogP contribution is 2.31.